The molecule has 1 atom stereocenters. The van der Waals surface area contributed by atoms with E-state index in [0.29, 0.717) is 10.4 Å². The molecule has 3 rings (SSSR count). The van der Waals surface area contributed by atoms with Crippen molar-refractivity contribution in [3.8, 4) is 11.4 Å². The van der Waals surface area contributed by atoms with Crippen LogP contribution < -0.4 is 5.56 Å². The molecule has 2 aromatic heterocycles. The summed E-state index contributed by atoms with van der Waals surface area (Å²) in [6.45, 7) is 5.14. The van der Waals surface area contributed by atoms with Crippen molar-refractivity contribution in [3.63, 3.8) is 0 Å². The molecular formula is C18H16F2N2O3S. The van der Waals surface area contributed by atoms with Crippen LogP contribution in [-0.2, 0) is 4.79 Å². The predicted octanol–water partition coefficient (Wildman–Crippen LogP) is 4.06. The Kier molecular flexibility index (Phi) is 4.62. The molecule has 3 aromatic rings. The van der Waals surface area contributed by atoms with Gasteiger partial charge in [-0.3, -0.25) is 9.36 Å². The van der Waals surface area contributed by atoms with Gasteiger partial charge in [-0.1, -0.05) is 13.0 Å². The van der Waals surface area contributed by atoms with Gasteiger partial charge in [0.2, 0.25) is 0 Å². The topological polar surface area (TPSA) is 72.2 Å². The number of aliphatic carboxylic acids is 1. The molecule has 8 heteroatoms. The molecule has 1 N–H and O–H groups in total. The molecule has 0 aliphatic carbocycles. The summed E-state index contributed by atoms with van der Waals surface area (Å²) in [6, 6.07) is 2.01. The second-order valence-electron chi connectivity index (χ2n) is 5.93. The summed E-state index contributed by atoms with van der Waals surface area (Å²) in [5.41, 5.74) is -0.421. The smallest absolute Gasteiger partial charge is 0.326 e. The molecule has 0 fully saturated rings. The zero-order valence-electron chi connectivity index (χ0n) is 14.3. The van der Waals surface area contributed by atoms with Crippen molar-refractivity contribution in [3.05, 3.63) is 50.6 Å². The van der Waals surface area contributed by atoms with Crippen molar-refractivity contribution in [2.45, 2.75) is 33.2 Å². The molecule has 1 unspecified atom stereocenters. The van der Waals surface area contributed by atoms with Gasteiger partial charge >= 0.3 is 5.97 Å². The molecule has 0 spiro atoms. The van der Waals surface area contributed by atoms with E-state index >= 15 is 0 Å². The fourth-order valence-electron chi connectivity index (χ4n) is 2.95. The number of thiophene rings is 1. The lowest BCUT2D eigenvalue weighted by molar-refractivity contribution is -0.141. The Morgan fingerprint density at radius 3 is 2.46 bits per heavy atom. The average Bonchev–Trinajstić information content (AvgIpc) is 2.85. The maximum atomic E-state index is 14.4. The molecule has 0 radical (unpaired) electrons. The Hall–Kier alpha value is -2.61. The molecule has 0 bridgehead atoms. The third-order valence-corrected chi connectivity index (χ3v) is 5.51. The summed E-state index contributed by atoms with van der Waals surface area (Å²) < 4.78 is 29.6. The number of carboxylic acids is 1. The Morgan fingerprint density at radius 1 is 1.31 bits per heavy atom. The first-order valence-corrected chi connectivity index (χ1v) is 8.79. The number of halogens is 2. The lowest BCUT2D eigenvalue weighted by Gasteiger charge is -2.19. The summed E-state index contributed by atoms with van der Waals surface area (Å²) in [4.78, 5) is 30.3. The molecule has 1 aromatic carbocycles. The van der Waals surface area contributed by atoms with Gasteiger partial charge in [-0.05, 0) is 38.0 Å². The van der Waals surface area contributed by atoms with Crippen LogP contribution in [0.1, 0.15) is 29.8 Å². The SMILES string of the molecule is CCC(C(=O)O)n1c(-c2c(F)cccc2F)nc2sc(C)c(C)c2c1=O. The Labute approximate surface area is 151 Å². The molecule has 0 amide bonds. The van der Waals surface area contributed by atoms with Gasteiger partial charge in [-0.2, -0.15) is 0 Å². The van der Waals surface area contributed by atoms with Crippen molar-refractivity contribution in [2.24, 2.45) is 0 Å². The van der Waals surface area contributed by atoms with Crippen LogP contribution in [0.15, 0.2) is 23.0 Å². The fraction of sp³-hybridized carbons (Fsp3) is 0.278. The minimum Gasteiger partial charge on any atom is -0.480 e. The zero-order valence-corrected chi connectivity index (χ0v) is 15.2. The van der Waals surface area contributed by atoms with Crippen molar-refractivity contribution < 1.29 is 18.7 Å². The first-order chi connectivity index (χ1) is 12.3. The van der Waals surface area contributed by atoms with Crippen LogP contribution in [0, 0.1) is 25.5 Å². The standard InChI is InChI=1S/C18H16F2N2O3S/c1-4-12(18(24)25)22-15(14-10(19)6-5-7-11(14)20)21-16-13(17(22)23)8(2)9(3)26-16/h5-7,12H,4H2,1-3H3,(H,24,25). The van der Waals surface area contributed by atoms with E-state index in [1.165, 1.54) is 17.4 Å². The molecule has 0 saturated carbocycles. The van der Waals surface area contributed by atoms with Gasteiger partial charge in [0, 0.05) is 4.88 Å². The van der Waals surface area contributed by atoms with Crippen molar-refractivity contribution in [1.82, 2.24) is 9.55 Å². The lowest BCUT2D eigenvalue weighted by atomic mass is 10.1. The quantitative estimate of drug-likeness (QED) is 0.743. The van der Waals surface area contributed by atoms with Crippen LogP contribution >= 0.6 is 11.3 Å². The van der Waals surface area contributed by atoms with Crippen molar-refractivity contribution in [1.29, 1.82) is 0 Å². The van der Waals surface area contributed by atoms with Crippen LogP contribution in [0.3, 0.4) is 0 Å². The van der Waals surface area contributed by atoms with Crippen molar-refractivity contribution >= 4 is 27.5 Å². The van der Waals surface area contributed by atoms with Gasteiger partial charge in [0.05, 0.1) is 10.9 Å². The molecule has 136 valence electrons. The second-order valence-corrected chi connectivity index (χ2v) is 7.14. The number of rotatable bonds is 4. The van der Waals surface area contributed by atoms with Gasteiger partial charge in [-0.15, -0.1) is 11.3 Å². The molecule has 0 aliphatic rings. The molecular weight excluding hydrogens is 362 g/mol. The maximum absolute atomic E-state index is 14.4. The monoisotopic (exact) mass is 378 g/mol. The van der Waals surface area contributed by atoms with Gasteiger partial charge in [-0.25, -0.2) is 18.6 Å². The predicted molar refractivity (Wildman–Crippen MR) is 95.7 cm³/mol. The molecule has 5 nitrogen and oxygen atoms in total. The highest BCUT2D eigenvalue weighted by molar-refractivity contribution is 7.18. The van der Waals surface area contributed by atoms with Crippen LogP contribution in [0.25, 0.3) is 21.6 Å². The minimum atomic E-state index is -1.28. The minimum absolute atomic E-state index is 0.0632. The summed E-state index contributed by atoms with van der Waals surface area (Å²) in [6.07, 6.45) is 0.0632. The van der Waals surface area contributed by atoms with E-state index in [-0.39, 0.29) is 17.6 Å². The van der Waals surface area contributed by atoms with Crippen LogP contribution in [0.2, 0.25) is 0 Å². The van der Waals surface area contributed by atoms with Gasteiger partial charge in [0.25, 0.3) is 5.56 Å². The number of aryl methyl sites for hydroxylation is 2. The average molecular weight is 378 g/mol. The Balaban J connectivity index is 2.52. The Bertz CT molecular complexity index is 1070. The number of hydrogen-bond donors (Lipinski definition) is 1. The zero-order chi connectivity index (χ0) is 19.2. The van der Waals surface area contributed by atoms with E-state index in [1.54, 1.807) is 13.8 Å². The summed E-state index contributed by atoms with van der Waals surface area (Å²) in [5.74, 6) is -3.39. The van der Waals surface area contributed by atoms with Crippen LogP contribution in [-0.4, -0.2) is 20.6 Å². The number of hydrogen-bond acceptors (Lipinski definition) is 4. The normalized spacial score (nSPS) is 12.5. The number of carbonyl (C=O) groups is 1. The van der Waals surface area contributed by atoms with E-state index in [0.717, 1.165) is 21.6 Å². The largest absolute Gasteiger partial charge is 0.480 e. The number of carboxylic acid groups (broad SMARTS) is 1. The first kappa shape index (κ1) is 18.2. The van der Waals surface area contributed by atoms with E-state index < -0.39 is 34.8 Å². The third-order valence-electron chi connectivity index (χ3n) is 4.40. The first-order valence-electron chi connectivity index (χ1n) is 7.97. The Morgan fingerprint density at radius 2 is 1.92 bits per heavy atom. The molecule has 2 heterocycles. The second kappa shape index (κ2) is 6.60. The number of nitrogens with zero attached hydrogens (tertiary/aromatic N) is 2. The fourth-order valence-corrected chi connectivity index (χ4v) is 3.97. The summed E-state index contributed by atoms with van der Waals surface area (Å²) >= 11 is 1.23. The van der Waals surface area contributed by atoms with Crippen LogP contribution in [0.5, 0.6) is 0 Å². The number of fused-ring (bicyclic) bond motifs is 1. The molecule has 0 saturated heterocycles. The highest BCUT2D eigenvalue weighted by Gasteiger charge is 2.28. The van der Waals surface area contributed by atoms with E-state index in [1.807, 2.05) is 6.92 Å². The number of benzene rings is 1. The summed E-state index contributed by atoms with van der Waals surface area (Å²) in [7, 11) is 0. The van der Waals surface area contributed by atoms with Gasteiger partial charge in [0.1, 0.15) is 22.5 Å². The van der Waals surface area contributed by atoms with Crippen molar-refractivity contribution in [2.75, 3.05) is 0 Å². The highest BCUT2D eigenvalue weighted by Crippen LogP contribution is 2.32. The van der Waals surface area contributed by atoms with E-state index in [4.69, 9.17) is 0 Å². The highest BCUT2D eigenvalue weighted by atomic mass is 32.1. The van der Waals surface area contributed by atoms with Gasteiger partial charge in [0.15, 0.2) is 5.82 Å². The summed E-state index contributed by atoms with van der Waals surface area (Å²) in [5, 5.41) is 9.82. The lowest BCUT2D eigenvalue weighted by Crippen LogP contribution is -2.32. The molecule has 0 aliphatic heterocycles. The third kappa shape index (κ3) is 2.70. The number of aromatic nitrogens is 2. The van der Waals surface area contributed by atoms with Gasteiger partial charge < -0.3 is 5.11 Å². The molecule has 26 heavy (non-hydrogen) atoms. The van der Waals surface area contributed by atoms with E-state index in [9.17, 15) is 23.5 Å². The van der Waals surface area contributed by atoms with E-state index in [2.05, 4.69) is 4.98 Å². The van der Waals surface area contributed by atoms with Crippen LogP contribution in [0.4, 0.5) is 8.78 Å². The maximum Gasteiger partial charge on any atom is 0.326 e.